The first kappa shape index (κ1) is 9.92. The molecule has 0 bridgehead atoms. The van der Waals surface area contributed by atoms with E-state index in [0.717, 1.165) is 32.3 Å². The summed E-state index contributed by atoms with van der Waals surface area (Å²) in [6.07, 6.45) is 0. The van der Waals surface area contributed by atoms with E-state index in [1.54, 1.807) is 0 Å². The van der Waals surface area contributed by atoms with Gasteiger partial charge in [0.1, 0.15) is 5.58 Å². The molecular weight excluding hydrogens is 246 g/mol. The lowest BCUT2D eigenvalue weighted by Gasteiger charge is -1.97. The molecule has 4 rings (SSSR count). The van der Waals surface area contributed by atoms with Crippen LogP contribution in [0, 0.1) is 0 Å². The molecule has 3 heteroatoms. The Morgan fingerprint density at radius 3 is 2.78 bits per heavy atom. The Hall–Kier alpha value is -2.06. The molecule has 2 heterocycles. The standard InChI is InChI=1S/C15H8ClNO/c16-10-5-6-13-9(7-10)8-12-11-3-1-2-4-14(11)18-15(12)17-13/h1-8H. The minimum Gasteiger partial charge on any atom is -0.438 e. The normalized spacial score (nSPS) is 11.6. The van der Waals surface area contributed by atoms with Crippen LogP contribution in [0.1, 0.15) is 0 Å². The third-order valence-electron chi connectivity index (χ3n) is 3.13. The molecule has 0 atom stereocenters. The van der Waals surface area contributed by atoms with E-state index >= 15 is 0 Å². The van der Waals surface area contributed by atoms with Gasteiger partial charge in [-0.05, 0) is 30.3 Å². The first-order valence-corrected chi connectivity index (χ1v) is 6.07. The van der Waals surface area contributed by atoms with Gasteiger partial charge in [0.25, 0.3) is 0 Å². The molecule has 0 fully saturated rings. The monoisotopic (exact) mass is 253 g/mol. The molecule has 0 amide bonds. The lowest BCUT2D eigenvalue weighted by atomic mass is 10.1. The van der Waals surface area contributed by atoms with Gasteiger partial charge in [-0.1, -0.05) is 29.8 Å². The first-order valence-electron chi connectivity index (χ1n) is 5.69. The van der Waals surface area contributed by atoms with Crippen molar-refractivity contribution in [3.8, 4) is 0 Å². The van der Waals surface area contributed by atoms with Crippen LogP contribution in [0.25, 0.3) is 33.0 Å². The fourth-order valence-corrected chi connectivity index (χ4v) is 2.46. The van der Waals surface area contributed by atoms with E-state index in [1.807, 2.05) is 42.5 Å². The van der Waals surface area contributed by atoms with Gasteiger partial charge in [-0.25, -0.2) is 4.98 Å². The Bertz CT molecular complexity index is 895. The second-order valence-corrected chi connectivity index (χ2v) is 4.71. The van der Waals surface area contributed by atoms with Gasteiger partial charge in [0.2, 0.25) is 5.71 Å². The van der Waals surface area contributed by atoms with E-state index in [1.165, 1.54) is 0 Å². The zero-order valence-electron chi connectivity index (χ0n) is 9.35. The summed E-state index contributed by atoms with van der Waals surface area (Å²) in [6.45, 7) is 0. The molecule has 0 radical (unpaired) electrons. The Morgan fingerprint density at radius 2 is 1.83 bits per heavy atom. The summed E-state index contributed by atoms with van der Waals surface area (Å²) in [5, 5.41) is 3.86. The predicted molar refractivity (Wildman–Crippen MR) is 74.0 cm³/mol. The van der Waals surface area contributed by atoms with Gasteiger partial charge in [-0.3, -0.25) is 0 Å². The topological polar surface area (TPSA) is 26.0 Å². The molecule has 0 saturated heterocycles. The second kappa shape index (κ2) is 3.47. The van der Waals surface area contributed by atoms with Crippen molar-refractivity contribution in [2.24, 2.45) is 0 Å². The number of furan rings is 1. The van der Waals surface area contributed by atoms with Gasteiger partial charge in [0, 0.05) is 21.2 Å². The van der Waals surface area contributed by atoms with Crippen LogP contribution in [0.3, 0.4) is 0 Å². The molecule has 2 aromatic heterocycles. The Kier molecular flexibility index (Phi) is 1.91. The molecule has 0 aliphatic heterocycles. The van der Waals surface area contributed by atoms with Gasteiger partial charge >= 0.3 is 0 Å². The number of benzene rings is 2. The molecule has 18 heavy (non-hydrogen) atoms. The third kappa shape index (κ3) is 1.33. The summed E-state index contributed by atoms with van der Waals surface area (Å²) < 4.78 is 5.75. The third-order valence-corrected chi connectivity index (χ3v) is 3.36. The molecule has 0 aliphatic rings. The van der Waals surface area contributed by atoms with Crippen LogP contribution in [0.2, 0.25) is 5.02 Å². The zero-order chi connectivity index (χ0) is 12.1. The molecule has 0 saturated carbocycles. The average Bonchev–Trinajstić information content (AvgIpc) is 2.74. The van der Waals surface area contributed by atoms with Crippen molar-refractivity contribution in [2.45, 2.75) is 0 Å². The smallest absolute Gasteiger partial charge is 0.227 e. The highest BCUT2D eigenvalue weighted by Crippen LogP contribution is 2.30. The van der Waals surface area contributed by atoms with E-state index in [2.05, 4.69) is 11.1 Å². The van der Waals surface area contributed by atoms with Crippen LogP contribution in [0.15, 0.2) is 52.9 Å². The molecule has 2 aromatic carbocycles. The van der Waals surface area contributed by atoms with Crippen LogP contribution >= 0.6 is 11.6 Å². The summed E-state index contributed by atoms with van der Waals surface area (Å²) in [4.78, 5) is 4.53. The van der Waals surface area contributed by atoms with Crippen molar-refractivity contribution in [3.63, 3.8) is 0 Å². The van der Waals surface area contributed by atoms with Gasteiger partial charge in [-0.15, -0.1) is 0 Å². The van der Waals surface area contributed by atoms with Gasteiger partial charge in [-0.2, -0.15) is 0 Å². The number of para-hydroxylation sites is 1. The van der Waals surface area contributed by atoms with Crippen LogP contribution in [-0.2, 0) is 0 Å². The fourth-order valence-electron chi connectivity index (χ4n) is 2.28. The van der Waals surface area contributed by atoms with Crippen molar-refractivity contribution < 1.29 is 4.42 Å². The maximum Gasteiger partial charge on any atom is 0.227 e. The number of pyridine rings is 1. The van der Waals surface area contributed by atoms with Crippen molar-refractivity contribution in [1.82, 2.24) is 4.98 Å². The summed E-state index contributed by atoms with van der Waals surface area (Å²) in [5.74, 6) is 0. The van der Waals surface area contributed by atoms with Gasteiger partial charge in [0.05, 0.1) is 5.52 Å². The van der Waals surface area contributed by atoms with Crippen LogP contribution in [-0.4, -0.2) is 4.98 Å². The summed E-state index contributed by atoms with van der Waals surface area (Å²) in [5.41, 5.74) is 2.43. The summed E-state index contributed by atoms with van der Waals surface area (Å²) >= 11 is 6.01. The van der Waals surface area contributed by atoms with Crippen molar-refractivity contribution in [1.29, 1.82) is 0 Å². The van der Waals surface area contributed by atoms with Crippen molar-refractivity contribution >= 4 is 44.6 Å². The second-order valence-electron chi connectivity index (χ2n) is 4.28. The maximum absolute atomic E-state index is 6.01. The average molecular weight is 254 g/mol. The minimum absolute atomic E-state index is 0.672. The van der Waals surface area contributed by atoms with E-state index in [0.29, 0.717) is 5.71 Å². The number of hydrogen-bond donors (Lipinski definition) is 0. The number of hydrogen-bond acceptors (Lipinski definition) is 2. The van der Waals surface area contributed by atoms with E-state index in [9.17, 15) is 0 Å². The zero-order valence-corrected chi connectivity index (χ0v) is 10.1. The molecule has 0 unspecified atom stereocenters. The highest BCUT2D eigenvalue weighted by Gasteiger charge is 2.08. The lowest BCUT2D eigenvalue weighted by molar-refractivity contribution is 0.656. The largest absolute Gasteiger partial charge is 0.438 e. The Balaban J connectivity index is 2.24. The molecular formula is C15H8ClNO. The van der Waals surface area contributed by atoms with Crippen LogP contribution < -0.4 is 0 Å². The molecule has 2 nitrogen and oxygen atoms in total. The van der Waals surface area contributed by atoms with E-state index in [-0.39, 0.29) is 0 Å². The number of fused-ring (bicyclic) bond motifs is 4. The number of nitrogens with zero attached hydrogens (tertiary/aromatic N) is 1. The number of halogens is 1. The van der Waals surface area contributed by atoms with Crippen molar-refractivity contribution in [3.05, 3.63) is 53.6 Å². The molecule has 0 aliphatic carbocycles. The number of rotatable bonds is 0. The predicted octanol–water partition coefficient (Wildman–Crippen LogP) is 4.79. The van der Waals surface area contributed by atoms with Crippen molar-refractivity contribution in [2.75, 3.05) is 0 Å². The quantitative estimate of drug-likeness (QED) is 0.450. The number of aromatic nitrogens is 1. The Morgan fingerprint density at radius 1 is 0.944 bits per heavy atom. The first-order chi connectivity index (χ1) is 8.81. The molecule has 86 valence electrons. The van der Waals surface area contributed by atoms with Crippen LogP contribution in [0.4, 0.5) is 0 Å². The highest BCUT2D eigenvalue weighted by atomic mass is 35.5. The lowest BCUT2D eigenvalue weighted by Crippen LogP contribution is -1.79. The van der Waals surface area contributed by atoms with Crippen LogP contribution in [0.5, 0.6) is 0 Å². The molecule has 4 aromatic rings. The minimum atomic E-state index is 0.672. The van der Waals surface area contributed by atoms with Gasteiger partial charge < -0.3 is 4.42 Å². The van der Waals surface area contributed by atoms with E-state index in [4.69, 9.17) is 16.0 Å². The maximum atomic E-state index is 6.01. The molecule has 0 spiro atoms. The van der Waals surface area contributed by atoms with E-state index < -0.39 is 0 Å². The Labute approximate surface area is 108 Å². The fraction of sp³-hybridized carbons (Fsp3) is 0. The highest BCUT2D eigenvalue weighted by molar-refractivity contribution is 6.31. The SMILES string of the molecule is Clc1ccc2nc3oc4ccccc4c3cc2c1. The summed E-state index contributed by atoms with van der Waals surface area (Å²) in [6, 6.07) is 15.7. The molecule has 0 N–H and O–H groups in total. The van der Waals surface area contributed by atoms with Gasteiger partial charge in [0.15, 0.2) is 0 Å². The summed E-state index contributed by atoms with van der Waals surface area (Å²) in [7, 11) is 0.